The molecule has 1 fully saturated rings. The van der Waals surface area contributed by atoms with Crippen molar-refractivity contribution in [1.82, 2.24) is 10.2 Å². The molecule has 0 aromatic heterocycles. The minimum Gasteiger partial charge on any atom is -0.352 e. The summed E-state index contributed by atoms with van der Waals surface area (Å²) in [5, 5.41) is 3.74. The summed E-state index contributed by atoms with van der Waals surface area (Å²) in [5.41, 5.74) is 4.52. The smallest absolute Gasteiger partial charge is 0.242 e. The molecule has 1 atom stereocenters. The van der Waals surface area contributed by atoms with Gasteiger partial charge in [0.15, 0.2) is 0 Å². The molecule has 32 heavy (non-hydrogen) atoms. The van der Waals surface area contributed by atoms with E-state index >= 15 is 0 Å². The van der Waals surface area contributed by atoms with Crippen LogP contribution >= 0.6 is 23.4 Å². The van der Waals surface area contributed by atoms with Crippen molar-refractivity contribution in [2.24, 2.45) is 0 Å². The number of carbonyl (C=O) groups is 2. The molecule has 6 heteroatoms. The molecule has 1 saturated carbocycles. The van der Waals surface area contributed by atoms with Gasteiger partial charge in [0.25, 0.3) is 0 Å². The molecule has 3 rings (SSSR count). The van der Waals surface area contributed by atoms with Crippen LogP contribution in [0.1, 0.15) is 54.9 Å². The lowest BCUT2D eigenvalue weighted by Gasteiger charge is -2.30. The third-order valence-corrected chi connectivity index (χ3v) is 7.30. The van der Waals surface area contributed by atoms with Crippen LogP contribution in [-0.4, -0.2) is 34.6 Å². The number of halogens is 1. The summed E-state index contributed by atoms with van der Waals surface area (Å²) in [7, 11) is 0. The summed E-state index contributed by atoms with van der Waals surface area (Å²) < 4.78 is 0. The number of nitrogens with zero attached hydrogens (tertiary/aromatic N) is 1. The third-order valence-electron chi connectivity index (χ3n) is 5.94. The zero-order chi connectivity index (χ0) is 23.1. The zero-order valence-electron chi connectivity index (χ0n) is 19.2. The normalized spacial score (nSPS) is 14.9. The molecule has 0 radical (unpaired) electrons. The number of amides is 2. The van der Waals surface area contributed by atoms with Gasteiger partial charge in [0, 0.05) is 23.4 Å². The molecule has 1 unspecified atom stereocenters. The van der Waals surface area contributed by atoms with Gasteiger partial charge in [-0.25, -0.2) is 0 Å². The molecule has 2 aromatic carbocycles. The van der Waals surface area contributed by atoms with Gasteiger partial charge >= 0.3 is 0 Å². The topological polar surface area (TPSA) is 49.4 Å². The molecule has 0 saturated heterocycles. The van der Waals surface area contributed by atoms with Gasteiger partial charge in [-0.1, -0.05) is 72.0 Å². The number of hydrogen-bond donors (Lipinski definition) is 1. The van der Waals surface area contributed by atoms with Gasteiger partial charge in [0.2, 0.25) is 11.8 Å². The van der Waals surface area contributed by atoms with Crippen LogP contribution in [0.25, 0.3) is 0 Å². The Labute approximate surface area is 201 Å². The van der Waals surface area contributed by atoms with Gasteiger partial charge in [0.1, 0.15) is 6.04 Å². The van der Waals surface area contributed by atoms with Crippen LogP contribution in [-0.2, 0) is 21.9 Å². The first-order valence-corrected chi connectivity index (χ1v) is 12.8. The van der Waals surface area contributed by atoms with E-state index in [-0.39, 0.29) is 17.9 Å². The second-order valence-electron chi connectivity index (χ2n) is 8.77. The molecule has 1 N–H and O–H groups in total. The van der Waals surface area contributed by atoms with Gasteiger partial charge in [-0.15, -0.1) is 11.8 Å². The molecule has 0 bridgehead atoms. The van der Waals surface area contributed by atoms with Crippen molar-refractivity contribution in [2.45, 2.75) is 70.8 Å². The Hall–Kier alpha value is -1.98. The number of benzene rings is 2. The lowest BCUT2D eigenvalue weighted by Crippen LogP contribution is -2.50. The molecular formula is C26H33ClN2O2S. The van der Waals surface area contributed by atoms with E-state index in [2.05, 4.69) is 37.4 Å². The molecule has 1 aliphatic rings. The minimum atomic E-state index is -0.554. The molecule has 1 aliphatic carbocycles. The van der Waals surface area contributed by atoms with Gasteiger partial charge < -0.3 is 10.2 Å². The molecular weight excluding hydrogens is 440 g/mol. The molecule has 2 aromatic rings. The quantitative estimate of drug-likeness (QED) is 0.511. The maximum absolute atomic E-state index is 13.2. The number of thioether (sulfide) groups is 1. The number of carbonyl (C=O) groups excluding carboxylic acids is 2. The lowest BCUT2D eigenvalue weighted by molar-refractivity contribution is -0.138. The molecule has 172 valence electrons. The predicted molar refractivity (Wildman–Crippen MR) is 134 cm³/mol. The highest BCUT2D eigenvalue weighted by atomic mass is 35.5. The highest BCUT2D eigenvalue weighted by molar-refractivity contribution is 7.99. The van der Waals surface area contributed by atoms with E-state index in [9.17, 15) is 9.59 Å². The number of nitrogens with one attached hydrogen (secondary N) is 1. The Morgan fingerprint density at radius 2 is 1.78 bits per heavy atom. The van der Waals surface area contributed by atoms with Crippen LogP contribution in [0.4, 0.5) is 0 Å². The summed E-state index contributed by atoms with van der Waals surface area (Å²) >= 11 is 7.95. The maximum atomic E-state index is 13.2. The Bertz CT molecular complexity index is 923. The third kappa shape index (κ3) is 7.01. The Balaban J connectivity index is 1.67. The van der Waals surface area contributed by atoms with Crippen molar-refractivity contribution in [3.63, 3.8) is 0 Å². The first-order chi connectivity index (χ1) is 15.3. The summed E-state index contributed by atoms with van der Waals surface area (Å²) in [6.45, 7) is 6.31. The molecule has 2 amide bonds. The summed E-state index contributed by atoms with van der Waals surface area (Å²) in [6, 6.07) is 13.6. The average Bonchev–Trinajstić information content (AvgIpc) is 3.25. The van der Waals surface area contributed by atoms with Crippen molar-refractivity contribution in [1.29, 1.82) is 0 Å². The zero-order valence-corrected chi connectivity index (χ0v) is 20.8. The minimum absolute atomic E-state index is 0.0478. The SMILES string of the molecule is Cc1cc(C)cc(CSCC(=O)N(Cc2ccccc2Cl)C(C)C(=O)NC2CCCC2)c1. The molecule has 0 spiro atoms. The van der Waals surface area contributed by atoms with Gasteiger partial charge in [-0.05, 0) is 50.8 Å². The van der Waals surface area contributed by atoms with Crippen LogP contribution in [0, 0.1) is 13.8 Å². The second-order valence-corrected chi connectivity index (χ2v) is 10.2. The summed E-state index contributed by atoms with van der Waals surface area (Å²) in [4.78, 5) is 27.9. The number of aryl methyl sites for hydroxylation is 2. The monoisotopic (exact) mass is 472 g/mol. The van der Waals surface area contributed by atoms with Crippen molar-refractivity contribution in [3.05, 3.63) is 69.7 Å². The molecule has 0 aliphatic heterocycles. The fourth-order valence-electron chi connectivity index (χ4n) is 4.28. The Morgan fingerprint density at radius 3 is 2.44 bits per heavy atom. The van der Waals surface area contributed by atoms with Crippen LogP contribution in [0.5, 0.6) is 0 Å². The van der Waals surface area contributed by atoms with Crippen molar-refractivity contribution < 1.29 is 9.59 Å². The van der Waals surface area contributed by atoms with E-state index in [1.54, 1.807) is 16.7 Å². The maximum Gasteiger partial charge on any atom is 0.242 e. The highest BCUT2D eigenvalue weighted by Gasteiger charge is 2.28. The first-order valence-electron chi connectivity index (χ1n) is 11.3. The predicted octanol–water partition coefficient (Wildman–Crippen LogP) is 5.67. The fourth-order valence-corrected chi connectivity index (χ4v) is 5.32. The summed E-state index contributed by atoms with van der Waals surface area (Å²) in [5.74, 6) is 0.944. The van der Waals surface area contributed by atoms with Crippen molar-refractivity contribution >= 4 is 35.2 Å². The standard InChI is InChI=1S/C26H33ClN2O2S/c1-18-12-19(2)14-21(13-18)16-32-17-25(30)29(15-22-8-4-7-11-24(22)27)20(3)26(31)28-23-9-5-6-10-23/h4,7-8,11-14,20,23H,5-6,9-10,15-17H2,1-3H3,(H,28,31). The fraction of sp³-hybridized carbons (Fsp3) is 0.462. The lowest BCUT2D eigenvalue weighted by atomic mass is 10.1. The van der Waals surface area contributed by atoms with Gasteiger partial charge in [0.05, 0.1) is 5.75 Å². The number of hydrogen-bond acceptors (Lipinski definition) is 3. The Morgan fingerprint density at radius 1 is 1.12 bits per heavy atom. The van der Waals surface area contributed by atoms with E-state index in [1.165, 1.54) is 16.7 Å². The van der Waals surface area contributed by atoms with Crippen LogP contribution in [0.3, 0.4) is 0 Å². The van der Waals surface area contributed by atoms with Crippen molar-refractivity contribution in [2.75, 3.05) is 5.75 Å². The van der Waals surface area contributed by atoms with E-state index < -0.39 is 6.04 Å². The van der Waals surface area contributed by atoms with Gasteiger partial charge in [-0.3, -0.25) is 9.59 Å². The van der Waals surface area contributed by atoms with Crippen LogP contribution < -0.4 is 5.32 Å². The van der Waals surface area contributed by atoms with Crippen LogP contribution in [0.2, 0.25) is 5.02 Å². The van der Waals surface area contributed by atoms with E-state index in [0.29, 0.717) is 17.3 Å². The van der Waals surface area contributed by atoms with E-state index in [0.717, 1.165) is 37.0 Å². The molecule has 4 nitrogen and oxygen atoms in total. The van der Waals surface area contributed by atoms with E-state index in [4.69, 9.17) is 11.6 Å². The highest BCUT2D eigenvalue weighted by Crippen LogP contribution is 2.22. The van der Waals surface area contributed by atoms with Gasteiger partial charge in [-0.2, -0.15) is 0 Å². The summed E-state index contributed by atoms with van der Waals surface area (Å²) in [6.07, 6.45) is 4.33. The second kappa shape index (κ2) is 11.8. The molecule has 0 heterocycles. The van der Waals surface area contributed by atoms with Crippen LogP contribution in [0.15, 0.2) is 42.5 Å². The first kappa shape index (κ1) is 24.7. The largest absolute Gasteiger partial charge is 0.352 e. The average molecular weight is 473 g/mol. The Kier molecular flexibility index (Phi) is 9.06. The van der Waals surface area contributed by atoms with Crippen molar-refractivity contribution in [3.8, 4) is 0 Å². The van der Waals surface area contributed by atoms with E-state index in [1.807, 2.05) is 31.2 Å². The number of rotatable bonds is 9.